The molecule has 90 valence electrons. The zero-order chi connectivity index (χ0) is 12.0. The Labute approximate surface area is 101 Å². The highest BCUT2D eigenvalue weighted by Crippen LogP contribution is 2.31. The minimum absolute atomic E-state index is 1.02. The maximum absolute atomic E-state index is 4.43. The van der Waals surface area contributed by atoms with E-state index < -0.39 is 0 Å². The number of hydrogen-bond donors (Lipinski definition) is 0. The highest BCUT2D eigenvalue weighted by atomic mass is 15.3. The zero-order valence-corrected chi connectivity index (χ0v) is 10.7. The van der Waals surface area contributed by atoms with E-state index in [0.29, 0.717) is 0 Å². The van der Waals surface area contributed by atoms with Gasteiger partial charge in [0.05, 0.1) is 5.69 Å². The smallest absolute Gasteiger partial charge is 0.161 e. The Morgan fingerprint density at radius 3 is 2.53 bits per heavy atom. The Morgan fingerprint density at radius 1 is 1.12 bits per heavy atom. The Kier molecular flexibility index (Phi) is 2.31. The molecule has 0 aliphatic carbocycles. The van der Waals surface area contributed by atoms with Crippen molar-refractivity contribution < 1.29 is 0 Å². The number of aryl methyl sites for hydroxylation is 3. The fourth-order valence-corrected chi connectivity index (χ4v) is 2.66. The average Bonchev–Trinajstić information content (AvgIpc) is 2.92. The van der Waals surface area contributed by atoms with Crippen LogP contribution in [0.25, 0.3) is 10.8 Å². The number of aromatic nitrogens is 3. The molecule has 0 bridgehead atoms. The van der Waals surface area contributed by atoms with Crippen molar-refractivity contribution in [2.45, 2.75) is 26.7 Å². The minimum Gasteiger partial charge on any atom is -0.355 e. The van der Waals surface area contributed by atoms with E-state index in [9.17, 15) is 0 Å². The first-order valence-electron chi connectivity index (χ1n) is 6.22. The van der Waals surface area contributed by atoms with Crippen LogP contribution in [-0.4, -0.2) is 27.9 Å². The predicted molar refractivity (Wildman–Crippen MR) is 69.4 cm³/mol. The van der Waals surface area contributed by atoms with Gasteiger partial charge in [-0.25, -0.2) is 0 Å². The van der Waals surface area contributed by atoms with Crippen LogP contribution in [0.4, 0.5) is 5.82 Å². The van der Waals surface area contributed by atoms with Crippen LogP contribution in [0.2, 0.25) is 0 Å². The Hall–Kier alpha value is -1.58. The van der Waals surface area contributed by atoms with Crippen molar-refractivity contribution in [3.05, 3.63) is 17.6 Å². The summed E-state index contributed by atoms with van der Waals surface area (Å²) in [6.45, 7) is 6.41. The van der Waals surface area contributed by atoms with Gasteiger partial charge in [0.1, 0.15) is 0 Å². The van der Waals surface area contributed by atoms with Gasteiger partial charge in [-0.05, 0) is 26.7 Å². The van der Waals surface area contributed by atoms with Crippen LogP contribution >= 0.6 is 0 Å². The topological polar surface area (TPSA) is 34.0 Å². The van der Waals surface area contributed by atoms with Gasteiger partial charge in [0.2, 0.25) is 0 Å². The lowest BCUT2D eigenvalue weighted by molar-refractivity contribution is 0.882. The van der Waals surface area contributed by atoms with Gasteiger partial charge in [0, 0.05) is 42.8 Å². The molecule has 0 atom stereocenters. The summed E-state index contributed by atoms with van der Waals surface area (Å²) >= 11 is 0. The van der Waals surface area contributed by atoms with Crippen LogP contribution in [0.15, 0.2) is 6.20 Å². The monoisotopic (exact) mass is 230 g/mol. The summed E-state index contributed by atoms with van der Waals surface area (Å²) in [5.74, 6) is 1.07. The first-order chi connectivity index (χ1) is 8.18. The highest BCUT2D eigenvalue weighted by Gasteiger charge is 2.20. The molecule has 3 heterocycles. The second-order valence-corrected chi connectivity index (χ2v) is 4.92. The second-order valence-electron chi connectivity index (χ2n) is 4.92. The van der Waals surface area contributed by atoms with Crippen molar-refractivity contribution in [1.82, 2.24) is 14.8 Å². The van der Waals surface area contributed by atoms with E-state index in [2.05, 4.69) is 39.8 Å². The molecular formula is C13H18N4. The molecule has 0 N–H and O–H groups in total. The standard InChI is InChI=1S/C13H18N4/c1-9-11-8-16(3)10(2)12(11)13(15-14-9)17-6-4-5-7-17/h8H,4-7H2,1-3H3. The van der Waals surface area contributed by atoms with Gasteiger partial charge in [-0.2, -0.15) is 5.10 Å². The number of rotatable bonds is 1. The van der Waals surface area contributed by atoms with Gasteiger partial charge >= 0.3 is 0 Å². The molecule has 0 radical (unpaired) electrons. The molecule has 0 aromatic carbocycles. The molecule has 1 aliphatic rings. The molecule has 2 aromatic heterocycles. The SMILES string of the molecule is Cc1nnc(N2CCCC2)c2c(C)n(C)cc12. The van der Waals surface area contributed by atoms with Crippen molar-refractivity contribution >= 4 is 16.6 Å². The lowest BCUT2D eigenvalue weighted by Gasteiger charge is -2.17. The number of nitrogens with zero attached hydrogens (tertiary/aromatic N) is 4. The molecule has 0 amide bonds. The fraction of sp³-hybridized carbons (Fsp3) is 0.538. The molecule has 1 aliphatic heterocycles. The molecule has 17 heavy (non-hydrogen) atoms. The molecule has 4 heteroatoms. The van der Waals surface area contributed by atoms with E-state index >= 15 is 0 Å². The summed E-state index contributed by atoms with van der Waals surface area (Å²) in [6.07, 6.45) is 4.69. The Morgan fingerprint density at radius 2 is 1.82 bits per heavy atom. The van der Waals surface area contributed by atoms with Gasteiger partial charge in [0.25, 0.3) is 0 Å². The van der Waals surface area contributed by atoms with Crippen molar-refractivity contribution in [2.75, 3.05) is 18.0 Å². The summed E-state index contributed by atoms with van der Waals surface area (Å²) < 4.78 is 2.17. The number of anilines is 1. The van der Waals surface area contributed by atoms with Gasteiger partial charge in [0.15, 0.2) is 5.82 Å². The van der Waals surface area contributed by atoms with Gasteiger partial charge in [-0.15, -0.1) is 5.10 Å². The van der Waals surface area contributed by atoms with Crippen LogP contribution in [0.5, 0.6) is 0 Å². The summed E-state index contributed by atoms with van der Waals surface area (Å²) in [6, 6.07) is 0. The molecule has 4 nitrogen and oxygen atoms in total. The summed E-state index contributed by atoms with van der Waals surface area (Å²) in [5, 5.41) is 11.2. The number of hydrogen-bond acceptors (Lipinski definition) is 3. The van der Waals surface area contributed by atoms with Crippen molar-refractivity contribution in [3.8, 4) is 0 Å². The van der Waals surface area contributed by atoms with E-state index in [1.807, 2.05) is 6.92 Å². The van der Waals surface area contributed by atoms with Gasteiger partial charge < -0.3 is 9.47 Å². The highest BCUT2D eigenvalue weighted by molar-refractivity contribution is 5.96. The Balaban J connectivity index is 2.27. The van der Waals surface area contributed by atoms with Crippen molar-refractivity contribution in [3.63, 3.8) is 0 Å². The summed E-state index contributed by atoms with van der Waals surface area (Å²) in [7, 11) is 2.09. The zero-order valence-electron chi connectivity index (χ0n) is 10.7. The second kappa shape index (κ2) is 3.72. The third-order valence-corrected chi connectivity index (χ3v) is 3.80. The molecule has 0 spiro atoms. The third-order valence-electron chi connectivity index (χ3n) is 3.80. The molecule has 2 aromatic rings. The predicted octanol–water partition coefficient (Wildman–Crippen LogP) is 2.19. The molecule has 3 rings (SSSR count). The Bertz CT molecular complexity index is 564. The first-order valence-corrected chi connectivity index (χ1v) is 6.22. The molecule has 0 unspecified atom stereocenters. The van der Waals surface area contributed by atoms with Gasteiger partial charge in [-0.1, -0.05) is 0 Å². The largest absolute Gasteiger partial charge is 0.355 e. The van der Waals surface area contributed by atoms with Crippen LogP contribution in [0.3, 0.4) is 0 Å². The van der Waals surface area contributed by atoms with Crippen LogP contribution in [0, 0.1) is 13.8 Å². The lowest BCUT2D eigenvalue weighted by atomic mass is 10.2. The quantitative estimate of drug-likeness (QED) is 0.753. The van der Waals surface area contributed by atoms with Crippen LogP contribution < -0.4 is 4.90 Å². The van der Waals surface area contributed by atoms with E-state index in [1.54, 1.807) is 0 Å². The van der Waals surface area contributed by atoms with E-state index in [0.717, 1.165) is 24.6 Å². The maximum Gasteiger partial charge on any atom is 0.161 e. The van der Waals surface area contributed by atoms with E-state index in [1.165, 1.54) is 29.3 Å². The average molecular weight is 230 g/mol. The van der Waals surface area contributed by atoms with Crippen LogP contribution in [0.1, 0.15) is 24.2 Å². The molecular weight excluding hydrogens is 212 g/mol. The summed E-state index contributed by atoms with van der Waals surface area (Å²) in [5.41, 5.74) is 2.30. The minimum atomic E-state index is 1.02. The normalized spacial score (nSPS) is 16.1. The molecule has 0 saturated carbocycles. The van der Waals surface area contributed by atoms with Gasteiger partial charge in [-0.3, -0.25) is 0 Å². The van der Waals surface area contributed by atoms with Crippen molar-refractivity contribution in [2.24, 2.45) is 7.05 Å². The first kappa shape index (κ1) is 10.6. The molecule has 1 fully saturated rings. The van der Waals surface area contributed by atoms with E-state index in [-0.39, 0.29) is 0 Å². The van der Waals surface area contributed by atoms with E-state index in [4.69, 9.17) is 0 Å². The summed E-state index contributed by atoms with van der Waals surface area (Å²) in [4.78, 5) is 2.36. The maximum atomic E-state index is 4.43. The number of fused-ring (bicyclic) bond motifs is 1. The lowest BCUT2D eigenvalue weighted by Crippen LogP contribution is -2.20. The van der Waals surface area contributed by atoms with Crippen molar-refractivity contribution in [1.29, 1.82) is 0 Å². The molecule has 1 saturated heterocycles. The van der Waals surface area contributed by atoms with Crippen LogP contribution in [-0.2, 0) is 7.05 Å². The third kappa shape index (κ3) is 1.51. The fourth-order valence-electron chi connectivity index (χ4n) is 2.66.